The molecule has 2 aromatic rings. The Hall–Kier alpha value is -1.30. The minimum atomic E-state index is -0.257. The lowest BCUT2D eigenvalue weighted by Gasteiger charge is -2.16. The fourth-order valence-electron chi connectivity index (χ4n) is 1.88. The fourth-order valence-corrected chi connectivity index (χ4v) is 2.51. The Morgan fingerprint density at radius 3 is 2.78 bits per heavy atom. The van der Waals surface area contributed by atoms with Crippen LogP contribution in [0.5, 0.6) is 0 Å². The number of nitrogens with one attached hydrogen (secondary N) is 1. The predicted octanol–water partition coefficient (Wildman–Crippen LogP) is 2.65. The van der Waals surface area contributed by atoms with Crippen LogP contribution in [0.1, 0.15) is 27.9 Å². The lowest BCUT2D eigenvalue weighted by atomic mass is 10.0. The number of nitrogens with two attached hydrogens (primary N) is 1. The number of halogens is 1. The largest absolute Gasteiger partial charge is 0.271 e. The summed E-state index contributed by atoms with van der Waals surface area (Å²) in [5.74, 6) is 5.29. The first kappa shape index (κ1) is 13.1. The van der Waals surface area contributed by atoms with Crippen molar-refractivity contribution in [2.75, 3.05) is 0 Å². The van der Waals surface area contributed by atoms with Gasteiger partial charge in [0.1, 0.15) is 5.82 Å². The van der Waals surface area contributed by atoms with Gasteiger partial charge in [-0.1, -0.05) is 12.1 Å². The predicted molar refractivity (Wildman–Crippen MR) is 71.8 cm³/mol. The van der Waals surface area contributed by atoms with Crippen molar-refractivity contribution in [3.63, 3.8) is 0 Å². The van der Waals surface area contributed by atoms with Gasteiger partial charge in [0.05, 0.1) is 16.7 Å². The van der Waals surface area contributed by atoms with Gasteiger partial charge in [0.25, 0.3) is 0 Å². The minimum Gasteiger partial charge on any atom is -0.271 e. The third-order valence-electron chi connectivity index (χ3n) is 2.81. The zero-order valence-corrected chi connectivity index (χ0v) is 11.2. The Morgan fingerprint density at radius 2 is 2.22 bits per heavy atom. The molecule has 3 N–H and O–H groups in total. The SMILES string of the molecule is Cc1ccc(C(Cc2csc(C)n2)NN)c(F)c1. The topological polar surface area (TPSA) is 50.9 Å². The number of benzene rings is 1. The molecule has 18 heavy (non-hydrogen) atoms. The molecule has 0 fully saturated rings. The number of hydrogen-bond acceptors (Lipinski definition) is 4. The van der Waals surface area contributed by atoms with E-state index in [1.807, 2.05) is 25.3 Å². The fraction of sp³-hybridized carbons (Fsp3) is 0.308. The Kier molecular flexibility index (Phi) is 4.06. The third-order valence-corrected chi connectivity index (χ3v) is 3.63. The Morgan fingerprint density at radius 1 is 1.44 bits per heavy atom. The lowest BCUT2D eigenvalue weighted by molar-refractivity contribution is 0.507. The average Bonchev–Trinajstić information content (AvgIpc) is 2.72. The van der Waals surface area contributed by atoms with Crippen molar-refractivity contribution in [1.82, 2.24) is 10.4 Å². The molecule has 2 rings (SSSR count). The maximum atomic E-state index is 13.9. The quantitative estimate of drug-likeness (QED) is 0.660. The van der Waals surface area contributed by atoms with E-state index in [9.17, 15) is 4.39 Å². The number of aryl methyl sites for hydroxylation is 2. The maximum Gasteiger partial charge on any atom is 0.128 e. The van der Waals surface area contributed by atoms with Gasteiger partial charge in [-0.25, -0.2) is 9.37 Å². The van der Waals surface area contributed by atoms with Gasteiger partial charge in [-0.2, -0.15) is 0 Å². The van der Waals surface area contributed by atoms with E-state index in [0.29, 0.717) is 12.0 Å². The standard InChI is InChI=1S/C13H16FN3S/c1-8-3-4-11(12(14)5-8)13(17-15)6-10-7-18-9(2)16-10/h3-5,7,13,17H,6,15H2,1-2H3. The van der Waals surface area contributed by atoms with E-state index in [0.717, 1.165) is 16.3 Å². The summed E-state index contributed by atoms with van der Waals surface area (Å²) < 4.78 is 13.9. The summed E-state index contributed by atoms with van der Waals surface area (Å²) in [7, 11) is 0. The monoisotopic (exact) mass is 265 g/mol. The van der Waals surface area contributed by atoms with Crippen molar-refractivity contribution in [3.05, 3.63) is 51.2 Å². The molecule has 0 aliphatic rings. The molecule has 1 unspecified atom stereocenters. The van der Waals surface area contributed by atoms with Crippen molar-refractivity contribution in [2.45, 2.75) is 26.3 Å². The smallest absolute Gasteiger partial charge is 0.128 e. The normalized spacial score (nSPS) is 12.7. The first-order valence-electron chi connectivity index (χ1n) is 5.73. The van der Waals surface area contributed by atoms with E-state index < -0.39 is 0 Å². The van der Waals surface area contributed by atoms with Crippen LogP contribution in [0.25, 0.3) is 0 Å². The minimum absolute atomic E-state index is 0.232. The molecule has 5 heteroatoms. The summed E-state index contributed by atoms with van der Waals surface area (Å²) in [5.41, 5.74) is 5.07. The first-order valence-corrected chi connectivity index (χ1v) is 6.61. The van der Waals surface area contributed by atoms with Gasteiger partial charge in [-0.05, 0) is 25.5 Å². The molecule has 0 bridgehead atoms. The van der Waals surface area contributed by atoms with Crippen molar-refractivity contribution >= 4 is 11.3 Å². The molecule has 1 aromatic carbocycles. The van der Waals surface area contributed by atoms with Gasteiger partial charge in [-0.15, -0.1) is 11.3 Å². The molecule has 96 valence electrons. The number of nitrogens with zero attached hydrogens (tertiary/aromatic N) is 1. The van der Waals surface area contributed by atoms with Crippen LogP contribution in [0, 0.1) is 19.7 Å². The van der Waals surface area contributed by atoms with Crippen molar-refractivity contribution in [1.29, 1.82) is 0 Å². The molecule has 0 amide bonds. The van der Waals surface area contributed by atoms with Crippen LogP contribution in [-0.2, 0) is 6.42 Å². The van der Waals surface area contributed by atoms with Gasteiger partial charge in [0.15, 0.2) is 0 Å². The van der Waals surface area contributed by atoms with Crippen molar-refractivity contribution in [3.8, 4) is 0 Å². The summed E-state index contributed by atoms with van der Waals surface area (Å²) in [4.78, 5) is 4.37. The molecule has 0 saturated carbocycles. The van der Waals surface area contributed by atoms with Crippen LogP contribution in [-0.4, -0.2) is 4.98 Å². The van der Waals surface area contributed by atoms with Crippen LogP contribution in [0.3, 0.4) is 0 Å². The number of thiazole rings is 1. The average molecular weight is 265 g/mol. The molecular weight excluding hydrogens is 249 g/mol. The van der Waals surface area contributed by atoms with Crippen LogP contribution in [0.4, 0.5) is 4.39 Å². The second-order valence-electron chi connectivity index (χ2n) is 4.31. The summed E-state index contributed by atoms with van der Waals surface area (Å²) >= 11 is 1.59. The molecular formula is C13H16FN3S. The highest BCUT2D eigenvalue weighted by Crippen LogP contribution is 2.22. The summed E-state index contributed by atoms with van der Waals surface area (Å²) in [6, 6.07) is 4.92. The summed E-state index contributed by atoms with van der Waals surface area (Å²) in [5, 5.41) is 2.98. The number of hydrogen-bond donors (Lipinski definition) is 2. The highest BCUT2D eigenvalue weighted by Gasteiger charge is 2.16. The van der Waals surface area contributed by atoms with Gasteiger partial charge >= 0.3 is 0 Å². The highest BCUT2D eigenvalue weighted by atomic mass is 32.1. The molecule has 1 atom stereocenters. The Bertz CT molecular complexity index is 539. The molecule has 1 heterocycles. The van der Waals surface area contributed by atoms with E-state index in [4.69, 9.17) is 5.84 Å². The molecule has 1 aromatic heterocycles. The van der Waals surface area contributed by atoms with Crippen LogP contribution < -0.4 is 11.3 Å². The molecule has 0 saturated heterocycles. The van der Waals surface area contributed by atoms with E-state index in [2.05, 4.69) is 10.4 Å². The van der Waals surface area contributed by atoms with E-state index in [-0.39, 0.29) is 11.9 Å². The highest BCUT2D eigenvalue weighted by molar-refractivity contribution is 7.09. The second-order valence-corrected chi connectivity index (χ2v) is 5.37. The van der Waals surface area contributed by atoms with Gasteiger partial charge in [0, 0.05) is 17.4 Å². The first-order chi connectivity index (χ1) is 8.60. The van der Waals surface area contributed by atoms with Crippen molar-refractivity contribution < 1.29 is 4.39 Å². The number of rotatable bonds is 4. The number of aromatic nitrogens is 1. The molecule has 0 radical (unpaired) electrons. The van der Waals surface area contributed by atoms with Crippen LogP contribution >= 0.6 is 11.3 Å². The zero-order chi connectivity index (χ0) is 13.1. The van der Waals surface area contributed by atoms with Crippen LogP contribution in [0.2, 0.25) is 0 Å². The van der Waals surface area contributed by atoms with Gasteiger partial charge in [0.2, 0.25) is 0 Å². The van der Waals surface area contributed by atoms with E-state index >= 15 is 0 Å². The van der Waals surface area contributed by atoms with Gasteiger partial charge < -0.3 is 0 Å². The molecule has 0 spiro atoms. The molecule has 3 nitrogen and oxygen atoms in total. The Balaban J connectivity index is 2.22. The lowest BCUT2D eigenvalue weighted by Crippen LogP contribution is -2.30. The third kappa shape index (κ3) is 2.93. The zero-order valence-electron chi connectivity index (χ0n) is 10.4. The molecule has 0 aliphatic heterocycles. The van der Waals surface area contributed by atoms with Crippen LogP contribution in [0.15, 0.2) is 23.6 Å². The van der Waals surface area contributed by atoms with E-state index in [1.54, 1.807) is 17.4 Å². The maximum absolute atomic E-state index is 13.9. The van der Waals surface area contributed by atoms with Gasteiger partial charge in [-0.3, -0.25) is 11.3 Å². The number of hydrazine groups is 1. The summed E-state index contributed by atoms with van der Waals surface area (Å²) in [6.45, 7) is 3.81. The van der Waals surface area contributed by atoms with Crippen molar-refractivity contribution in [2.24, 2.45) is 5.84 Å². The second kappa shape index (κ2) is 5.56. The summed E-state index contributed by atoms with van der Waals surface area (Å²) in [6.07, 6.45) is 0.584. The molecule has 0 aliphatic carbocycles. The Labute approximate surface area is 110 Å². The van der Waals surface area contributed by atoms with E-state index in [1.165, 1.54) is 6.07 Å².